The number of aromatic carboxylic acids is 1. The van der Waals surface area contributed by atoms with Gasteiger partial charge in [-0.05, 0) is 34.2 Å². The number of aromatic amines is 1. The second-order valence-corrected chi connectivity index (χ2v) is 5.63. The topological polar surface area (TPSA) is 105 Å². The van der Waals surface area contributed by atoms with Gasteiger partial charge in [0.2, 0.25) is 5.82 Å². The van der Waals surface area contributed by atoms with Crippen molar-refractivity contribution in [2.24, 2.45) is 0 Å². The van der Waals surface area contributed by atoms with Crippen LogP contribution < -0.4 is 5.73 Å². The molecule has 4 N–H and O–H groups in total. The van der Waals surface area contributed by atoms with Gasteiger partial charge in [-0.2, -0.15) is 0 Å². The number of fused-ring (bicyclic) bond motifs is 1. The van der Waals surface area contributed by atoms with Crippen molar-refractivity contribution in [2.75, 3.05) is 5.73 Å². The monoisotopic (exact) mass is 310 g/mol. The van der Waals surface area contributed by atoms with E-state index in [2.05, 4.69) is 37.8 Å². The van der Waals surface area contributed by atoms with Gasteiger partial charge in [0.25, 0.3) is 0 Å². The molecule has 1 saturated carbocycles. The highest BCUT2D eigenvalue weighted by Gasteiger charge is 2.43. The molecule has 18 heavy (non-hydrogen) atoms. The maximum Gasteiger partial charge on any atom is 0.374 e. The number of nitrogen functional groups attached to an aromatic ring is 1. The van der Waals surface area contributed by atoms with Crippen LogP contribution in [-0.4, -0.2) is 26.0 Å². The van der Waals surface area contributed by atoms with E-state index in [-0.39, 0.29) is 17.1 Å². The lowest BCUT2D eigenvalue weighted by molar-refractivity contribution is 0.0684. The summed E-state index contributed by atoms with van der Waals surface area (Å²) in [5, 5.41) is 9.64. The predicted molar refractivity (Wildman–Crippen MR) is 69.5 cm³/mol. The van der Waals surface area contributed by atoms with Crippen LogP contribution in [0.15, 0.2) is 4.60 Å². The van der Waals surface area contributed by atoms with Gasteiger partial charge in [-0.25, -0.2) is 14.8 Å². The third-order valence-corrected chi connectivity index (χ3v) is 4.02. The Bertz CT molecular complexity index is 675. The van der Waals surface area contributed by atoms with E-state index in [1.165, 1.54) is 0 Å². The van der Waals surface area contributed by atoms with Gasteiger partial charge in [-0.1, -0.05) is 6.92 Å². The van der Waals surface area contributed by atoms with Crippen LogP contribution in [0, 0.1) is 0 Å². The SMILES string of the molecule is CC1(c2c(Br)[nH]c3nc(C(=O)O)nc(N)c23)CC1. The number of carbonyl (C=O) groups is 1. The maximum atomic E-state index is 10.9. The number of carboxylic acids is 1. The van der Waals surface area contributed by atoms with Crippen LogP contribution >= 0.6 is 15.9 Å². The molecule has 1 aliphatic carbocycles. The number of aromatic nitrogens is 3. The van der Waals surface area contributed by atoms with E-state index >= 15 is 0 Å². The Morgan fingerprint density at radius 1 is 1.50 bits per heavy atom. The fourth-order valence-corrected chi connectivity index (χ4v) is 3.06. The fourth-order valence-electron chi connectivity index (χ4n) is 2.19. The molecule has 0 aromatic carbocycles. The summed E-state index contributed by atoms with van der Waals surface area (Å²) in [5.74, 6) is -1.27. The first-order valence-electron chi connectivity index (χ1n) is 5.51. The number of rotatable bonds is 2. The lowest BCUT2D eigenvalue weighted by Crippen LogP contribution is -2.08. The van der Waals surface area contributed by atoms with E-state index in [0.717, 1.165) is 28.4 Å². The van der Waals surface area contributed by atoms with Crippen LogP contribution in [0.1, 0.15) is 35.9 Å². The summed E-state index contributed by atoms with van der Waals surface area (Å²) < 4.78 is 0.807. The number of anilines is 1. The predicted octanol–water partition coefficient (Wildman–Crippen LogP) is 2.05. The summed E-state index contributed by atoms with van der Waals surface area (Å²) in [7, 11) is 0. The average molecular weight is 311 g/mol. The number of nitrogens with zero attached hydrogens (tertiary/aromatic N) is 2. The summed E-state index contributed by atoms with van der Waals surface area (Å²) in [5.41, 5.74) is 7.48. The minimum absolute atomic E-state index is 0.0826. The molecule has 94 valence electrons. The van der Waals surface area contributed by atoms with Gasteiger partial charge < -0.3 is 15.8 Å². The Labute approximate surface area is 111 Å². The molecule has 2 aromatic heterocycles. The van der Waals surface area contributed by atoms with Crippen LogP contribution in [0.4, 0.5) is 5.82 Å². The Morgan fingerprint density at radius 2 is 2.17 bits per heavy atom. The molecule has 1 fully saturated rings. The highest BCUT2D eigenvalue weighted by atomic mass is 79.9. The smallest absolute Gasteiger partial charge is 0.374 e. The van der Waals surface area contributed by atoms with E-state index in [1.807, 2.05) is 0 Å². The Balaban J connectivity index is 2.33. The molecular formula is C11H11BrN4O2. The minimum atomic E-state index is -1.19. The van der Waals surface area contributed by atoms with Gasteiger partial charge in [-0.3, -0.25) is 0 Å². The summed E-state index contributed by atoms with van der Waals surface area (Å²) in [6, 6.07) is 0. The van der Waals surface area contributed by atoms with E-state index < -0.39 is 5.97 Å². The molecule has 0 radical (unpaired) electrons. The van der Waals surface area contributed by atoms with Crippen LogP contribution in [-0.2, 0) is 5.41 Å². The van der Waals surface area contributed by atoms with Gasteiger partial charge in [0.05, 0.1) is 9.99 Å². The second-order valence-electron chi connectivity index (χ2n) is 4.84. The molecule has 2 heterocycles. The first-order chi connectivity index (χ1) is 8.42. The quantitative estimate of drug-likeness (QED) is 0.787. The zero-order valence-corrected chi connectivity index (χ0v) is 11.2. The molecule has 6 nitrogen and oxygen atoms in total. The van der Waals surface area contributed by atoms with Gasteiger partial charge in [0, 0.05) is 5.56 Å². The summed E-state index contributed by atoms with van der Waals surface area (Å²) in [6.07, 6.45) is 2.16. The van der Waals surface area contributed by atoms with E-state index in [9.17, 15) is 4.79 Å². The molecule has 7 heteroatoms. The first-order valence-corrected chi connectivity index (χ1v) is 6.30. The molecule has 0 unspecified atom stereocenters. The van der Waals surface area contributed by atoms with E-state index in [0.29, 0.717) is 5.65 Å². The third kappa shape index (κ3) is 1.50. The molecule has 0 bridgehead atoms. The highest BCUT2D eigenvalue weighted by Crippen LogP contribution is 2.53. The number of hydrogen-bond donors (Lipinski definition) is 3. The Morgan fingerprint density at radius 3 is 2.72 bits per heavy atom. The van der Waals surface area contributed by atoms with Gasteiger partial charge in [0.15, 0.2) is 0 Å². The van der Waals surface area contributed by atoms with Crippen LogP contribution in [0.25, 0.3) is 11.0 Å². The average Bonchev–Trinajstić information content (AvgIpc) is 2.90. The number of H-pyrrole nitrogens is 1. The van der Waals surface area contributed by atoms with Gasteiger partial charge in [0.1, 0.15) is 11.5 Å². The lowest BCUT2D eigenvalue weighted by atomic mass is 9.99. The Kier molecular flexibility index (Phi) is 2.19. The van der Waals surface area contributed by atoms with Crippen molar-refractivity contribution in [1.82, 2.24) is 15.0 Å². The van der Waals surface area contributed by atoms with Gasteiger partial charge >= 0.3 is 5.97 Å². The summed E-state index contributed by atoms with van der Waals surface area (Å²) in [4.78, 5) is 21.7. The van der Waals surface area contributed by atoms with Crippen molar-refractivity contribution >= 4 is 38.8 Å². The van der Waals surface area contributed by atoms with Gasteiger partial charge in [-0.15, -0.1) is 0 Å². The summed E-state index contributed by atoms with van der Waals surface area (Å²) >= 11 is 3.45. The van der Waals surface area contributed by atoms with Crippen molar-refractivity contribution in [3.63, 3.8) is 0 Å². The van der Waals surface area contributed by atoms with Crippen LogP contribution in [0.3, 0.4) is 0 Å². The van der Waals surface area contributed by atoms with E-state index in [4.69, 9.17) is 10.8 Å². The molecular weight excluding hydrogens is 300 g/mol. The van der Waals surface area contributed by atoms with Crippen LogP contribution in [0.5, 0.6) is 0 Å². The zero-order valence-electron chi connectivity index (χ0n) is 9.62. The second kappa shape index (κ2) is 3.44. The first kappa shape index (κ1) is 11.5. The maximum absolute atomic E-state index is 10.9. The lowest BCUT2D eigenvalue weighted by Gasteiger charge is -2.08. The number of hydrogen-bond acceptors (Lipinski definition) is 4. The molecule has 0 amide bonds. The molecule has 0 atom stereocenters. The largest absolute Gasteiger partial charge is 0.475 e. The number of carboxylic acid groups (broad SMARTS) is 1. The van der Waals surface area contributed by atoms with Crippen molar-refractivity contribution in [3.05, 3.63) is 16.0 Å². The molecule has 2 aromatic rings. The zero-order chi connectivity index (χ0) is 13.1. The number of nitrogens with two attached hydrogens (primary N) is 1. The van der Waals surface area contributed by atoms with Crippen molar-refractivity contribution < 1.29 is 9.90 Å². The Hall–Kier alpha value is -1.63. The number of nitrogens with one attached hydrogen (secondary N) is 1. The standard InChI is InChI=1S/C11H11BrN4O2/c1-11(2-3-11)5-4-7(13)15-9(10(17)18)16-8(4)14-6(5)12/h2-3H2,1H3,(H,17,18)(H3,13,14,15,16). The van der Waals surface area contributed by atoms with Crippen molar-refractivity contribution in [3.8, 4) is 0 Å². The fraction of sp³-hybridized carbons (Fsp3) is 0.364. The molecule has 1 aliphatic rings. The summed E-state index contributed by atoms with van der Waals surface area (Å²) in [6.45, 7) is 2.14. The number of halogens is 1. The molecule has 0 saturated heterocycles. The molecule has 3 rings (SSSR count). The third-order valence-electron chi connectivity index (χ3n) is 3.43. The highest BCUT2D eigenvalue weighted by molar-refractivity contribution is 9.10. The molecule has 0 aliphatic heterocycles. The van der Waals surface area contributed by atoms with E-state index in [1.54, 1.807) is 0 Å². The van der Waals surface area contributed by atoms with Crippen molar-refractivity contribution in [2.45, 2.75) is 25.2 Å². The molecule has 0 spiro atoms. The van der Waals surface area contributed by atoms with Crippen LogP contribution in [0.2, 0.25) is 0 Å². The minimum Gasteiger partial charge on any atom is -0.475 e. The normalized spacial score (nSPS) is 17.0. The van der Waals surface area contributed by atoms with Crippen molar-refractivity contribution in [1.29, 1.82) is 0 Å².